The lowest BCUT2D eigenvalue weighted by molar-refractivity contribution is -0.118. The van der Waals surface area contributed by atoms with E-state index in [1.165, 1.54) is 23.1 Å². The van der Waals surface area contributed by atoms with Crippen LogP contribution in [0.15, 0.2) is 23.4 Å². The molecule has 0 aliphatic carbocycles. The van der Waals surface area contributed by atoms with E-state index in [-0.39, 0.29) is 17.8 Å². The molecular weight excluding hydrogens is 388 g/mol. The van der Waals surface area contributed by atoms with Crippen molar-refractivity contribution in [3.8, 4) is 0 Å². The maximum atomic E-state index is 12.6. The van der Waals surface area contributed by atoms with Crippen LogP contribution in [0.25, 0.3) is 10.2 Å². The third kappa shape index (κ3) is 3.88. The van der Waals surface area contributed by atoms with Gasteiger partial charge in [0.25, 0.3) is 0 Å². The fourth-order valence-corrected chi connectivity index (χ4v) is 3.92. The van der Waals surface area contributed by atoms with Crippen LogP contribution in [-0.4, -0.2) is 44.5 Å². The van der Waals surface area contributed by atoms with Gasteiger partial charge in [-0.3, -0.25) is 9.36 Å². The number of esters is 1. The van der Waals surface area contributed by atoms with Crippen molar-refractivity contribution in [2.24, 2.45) is 0 Å². The second-order valence-corrected chi connectivity index (χ2v) is 7.31. The number of hydrogen-bond donors (Lipinski definition) is 2. The molecule has 2 aromatic heterocycles. The monoisotopic (exact) mass is 406 g/mol. The Morgan fingerprint density at radius 3 is 2.89 bits per heavy atom. The number of fused-ring (bicyclic) bond motifs is 1. The van der Waals surface area contributed by atoms with Gasteiger partial charge in [0.2, 0.25) is 11.9 Å². The zero-order valence-electron chi connectivity index (χ0n) is 14.9. The summed E-state index contributed by atoms with van der Waals surface area (Å²) in [6.07, 6.45) is 1.83. The Labute approximate surface area is 163 Å². The summed E-state index contributed by atoms with van der Waals surface area (Å²) < 4.78 is 7.34. The number of thiazole rings is 1. The molecule has 0 aliphatic heterocycles. The predicted octanol–water partition coefficient (Wildman–Crippen LogP) is 2.57. The van der Waals surface area contributed by atoms with E-state index in [0.717, 1.165) is 4.70 Å². The number of nitrogens with two attached hydrogens (primary N) is 1. The normalized spacial score (nSPS) is 12.1. The largest absolute Gasteiger partial charge is 0.462 e. The van der Waals surface area contributed by atoms with Gasteiger partial charge in [0.15, 0.2) is 10.3 Å². The molecule has 3 N–H and O–H groups in total. The summed E-state index contributed by atoms with van der Waals surface area (Å²) in [5.41, 5.74) is 6.95. The van der Waals surface area contributed by atoms with E-state index < -0.39 is 6.04 Å². The van der Waals surface area contributed by atoms with Gasteiger partial charge >= 0.3 is 5.97 Å². The van der Waals surface area contributed by atoms with E-state index >= 15 is 0 Å². The van der Waals surface area contributed by atoms with E-state index in [0.29, 0.717) is 28.0 Å². The van der Waals surface area contributed by atoms with Gasteiger partial charge in [-0.25, -0.2) is 9.78 Å². The van der Waals surface area contributed by atoms with E-state index in [4.69, 9.17) is 10.5 Å². The van der Waals surface area contributed by atoms with Crippen molar-refractivity contribution in [3.05, 3.63) is 23.8 Å². The Morgan fingerprint density at radius 1 is 1.41 bits per heavy atom. The van der Waals surface area contributed by atoms with Crippen molar-refractivity contribution < 1.29 is 14.3 Å². The number of carbonyl (C=O) groups is 2. The number of ether oxygens (including phenoxy) is 1. The second-order valence-electron chi connectivity index (χ2n) is 5.50. The van der Waals surface area contributed by atoms with Crippen LogP contribution in [0.1, 0.15) is 30.2 Å². The summed E-state index contributed by atoms with van der Waals surface area (Å²) in [5, 5.41) is 11.5. The number of aromatic nitrogens is 4. The standard InChI is InChI=1S/C16H18N6O3S2/c1-4-25-13(24)9-5-6-10-11(7-9)27-15(18-10)19-12(23)8(2)22-14(17)20-21-16(22)26-3/h5-8H,4H2,1-3H3,(H2,17,20)(H,18,19,23). The number of rotatable bonds is 6. The average molecular weight is 406 g/mol. The Morgan fingerprint density at radius 2 is 2.19 bits per heavy atom. The van der Waals surface area contributed by atoms with Crippen molar-refractivity contribution in [3.63, 3.8) is 0 Å². The van der Waals surface area contributed by atoms with Crippen LogP contribution >= 0.6 is 23.1 Å². The number of nitrogens with zero attached hydrogens (tertiary/aromatic N) is 4. The molecule has 1 atom stereocenters. The van der Waals surface area contributed by atoms with Crippen LogP contribution in [0.5, 0.6) is 0 Å². The number of nitrogen functional groups attached to an aromatic ring is 1. The smallest absolute Gasteiger partial charge is 0.338 e. The van der Waals surface area contributed by atoms with E-state index in [9.17, 15) is 9.59 Å². The minimum absolute atomic E-state index is 0.172. The van der Waals surface area contributed by atoms with Gasteiger partial charge in [0.1, 0.15) is 6.04 Å². The van der Waals surface area contributed by atoms with Gasteiger partial charge < -0.3 is 15.8 Å². The first-order valence-electron chi connectivity index (χ1n) is 8.07. The molecule has 0 spiro atoms. The molecule has 2 heterocycles. The van der Waals surface area contributed by atoms with Crippen LogP contribution in [0.3, 0.4) is 0 Å². The summed E-state index contributed by atoms with van der Waals surface area (Å²) in [4.78, 5) is 28.8. The number of thioether (sulfide) groups is 1. The van der Waals surface area contributed by atoms with Crippen LogP contribution in [-0.2, 0) is 9.53 Å². The van der Waals surface area contributed by atoms with Crippen LogP contribution in [0.2, 0.25) is 0 Å². The van der Waals surface area contributed by atoms with Gasteiger partial charge in [0, 0.05) is 0 Å². The molecular formula is C16H18N6O3S2. The number of carbonyl (C=O) groups excluding carboxylic acids is 2. The van der Waals surface area contributed by atoms with Crippen LogP contribution in [0, 0.1) is 0 Å². The van der Waals surface area contributed by atoms with E-state index in [2.05, 4.69) is 20.5 Å². The third-order valence-corrected chi connectivity index (χ3v) is 5.35. The maximum absolute atomic E-state index is 12.6. The Bertz CT molecular complexity index is 999. The molecule has 0 radical (unpaired) electrons. The summed E-state index contributed by atoms with van der Waals surface area (Å²) in [7, 11) is 0. The van der Waals surface area contributed by atoms with Crippen LogP contribution in [0.4, 0.5) is 11.1 Å². The average Bonchev–Trinajstić information content (AvgIpc) is 3.22. The van der Waals surface area contributed by atoms with Gasteiger partial charge in [0.05, 0.1) is 22.4 Å². The molecule has 142 valence electrons. The SMILES string of the molecule is CCOC(=O)c1ccc2nc(NC(=O)C(C)n3c(N)nnc3SC)sc2c1. The Balaban J connectivity index is 1.80. The van der Waals surface area contributed by atoms with Crippen molar-refractivity contribution in [2.45, 2.75) is 25.0 Å². The molecule has 3 aromatic rings. The lowest BCUT2D eigenvalue weighted by atomic mass is 10.2. The highest BCUT2D eigenvalue weighted by molar-refractivity contribution is 7.98. The van der Waals surface area contributed by atoms with Crippen molar-refractivity contribution in [1.82, 2.24) is 19.7 Å². The molecule has 0 saturated heterocycles. The molecule has 0 bridgehead atoms. The molecule has 1 amide bonds. The van der Waals surface area contributed by atoms with Crippen molar-refractivity contribution in [2.75, 3.05) is 23.9 Å². The minimum atomic E-state index is -0.607. The van der Waals surface area contributed by atoms with E-state index in [1.54, 1.807) is 36.6 Å². The first-order valence-corrected chi connectivity index (χ1v) is 10.1. The molecule has 1 aromatic carbocycles. The first-order chi connectivity index (χ1) is 12.9. The molecule has 0 aliphatic rings. The predicted molar refractivity (Wildman–Crippen MR) is 105 cm³/mol. The number of hydrogen-bond acceptors (Lipinski definition) is 9. The quantitative estimate of drug-likeness (QED) is 0.473. The summed E-state index contributed by atoms with van der Waals surface area (Å²) >= 11 is 2.63. The third-order valence-electron chi connectivity index (χ3n) is 3.77. The molecule has 1 unspecified atom stereocenters. The molecule has 11 heteroatoms. The highest BCUT2D eigenvalue weighted by Gasteiger charge is 2.22. The molecule has 0 fully saturated rings. The maximum Gasteiger partial charge on any atom is 0.338 e. The lowest BCUT2D eigenvalue weighted by Crippen LogP contribution is -2.25. The first kappa shape index (κ1) is 19.1. The number of amides is 1. The van der Waals surface area contributed by atoms with E-state index in [1.807, 2.05) is 6.26 Å². The number of anilines is 2. The number of benzene rings is 1. The highest BCUT2D eigenvalue weighted by atomic mass is 32.2. The Hall–Kier alpha value is -2.66. The summed E-state index contributed by atoms with van der Waals surface area (Å²) in [5.74, 6) is -0.508. The fraction of sp³-hybridized carbons (Fsp3) is 0.312. The van der Waals surface area contributed by atoms with Crippen molar-refractivity contribution >= 4 is 56.3 Å². The second kappa shape index (κ2) is 7.92. The fourth-order valence-electron chi connectivity index (χ4n) is 2.44. The zero-order chi connectivity index (χ0) is 19.6. The molecule has 3 rings (SSSR count). The van der Waals surface area contributed by atoms with Gasteiger partial charge in [-0.1, -0.05) is 23.1 Å². The molecule has 9 nitrogen and oxygen atoms in total. The minimum Gasteiger partial charge on any atom is -0.462 e. The highest BCUT2D eigenvalue weighted by Crippen LogP contribution is 2.28. The molecule has 0 saturated carbocycles. The van der Waals surface area contributed by atoms with Crippen molar-refractivity contribution in [1.29, 1.82) is 0 Å². The Kier molecular flexibility index (Phi) is 5.61. The zero-order valence-corrected chi connectivity index (χ0v) is 16.6. The number of nitrogens with one attached hydrogen (secondary N) is 1. The van der Waals surface area contributed by atoms with Crippen LogP contribution < -0.4 is 11.1 Å². The topological polar surface area (TPSA) is 125 Å². The van der Waals surface area contributed by atoms with Gasteiger partial charge in [-0.05, 0) is 38.3 Å². The van der Waals surface area contributed by atoms with Gasteiger partial charge in [-0.2, -0.15) is 0 Å². The van der Waals surface area contributed by atoms with Gasteiger partial charge in [-0.15, -0.1) is 10.2 Å². The molecule has 27 heavy (non-hydrogen) atoms. The lowest BCUT2D eigenvalue weighted by Gasteiger charge is -2.14. The summed E-state index contributed by atoms with van der Waals surface area (Å²) in [6.45, 7) is 3.77. The summed E-state index contributed by atoms with van der Waals surface area (Å²) in [6, 6.07) is 4.47.